The van der Waals surface area contributed by atoms with Crippen LogP contribution in [0.4, 0.5) is 0 Å². The van der Waals surface area contributed by atoms with Crippen LogP contribution in [0.3, 0.4) is 0 Å². The number of ether oxygens (including phenoxy) is 1. The fourth-order valence-electron chi connectivity index (χ4n) is 2.17. The number of thioether (sulfide) groups is 1. The van der Waals surface area contributed by atoms with Crippen LogP contribution in [0.1, 0.15) is 26.7 Å². The molecule has 2 unspecified atom stereocenters. The molecule has 0 aromatic heterocycles. The van der Waals surface area contributed by atoms with Crippen molar-refractivity contribution >= 4 is 17.7 Å². The van der Waals surface area contributed by atoms with Gasteiger partial charge in [0.2, 0.25) is 0 Å². The standard InChI is InChI=1S/C13H25NO4S/c1-3-14-13(10-5-6-10,12(17)18-4-2)9-19-8-11(16)7-15/h10-11,14-16H,3-9H2,1-2H3. The topological polar surface area (TPSA) is 78.8 Å². The molecule has 1 fully saturated rings. The van der Waals surface area contributed by atoms with Gasteiger partial charge in [-0.15, -0.1) is 0 Å². The Morgan fingerprint density at radius 3 is 2.68 bits per heavy atom. The molecule has 0 amide bonds. The SMILES string of the molecule is CCNC(CSCC(O)CO)(C(=O)OCC)C1CC1. The number of rotatable bonds is 10. The van der Waals surface area contributed by atoms with Gasteiger partial charge in [-0.05, 0) is 32.2 Å². The summed E-state index contributed by atoms with van der Waals surface area (Å²) in [7, 11) is 0. The Hall–Kier alpha value is -0.300. The minimum Gasteiger partial charge on any atom is -0.465 e. The summed E-state index contributed by atoms with van der Waals surface area (Å²) in [5.74, 6) is 1.13. The van der Waals surface area contributed by atoms with Gasteiger partial charge >= 0.3 is 5.97 Å². The Kier molecular flexibility index (Phi) is 7.13. The first-order valence-corrected chi connectivity index (χ1v) is 8.05. The summed E-state index contributed by atoms with van der Waals surface area (Å²) < 4.78 is 5.22. The van der Waals surface area contributed by atoms with Gasteiger partial charge in [-0.25, -0.2) is 0 Å². The molecule has 0 heterocycles. The molecule has 0 aromatic carbocycles. The zero-order chi connectivity index (χ0) is 14.3. The Morgan fingerprint density at radius 1 is 1.53 bits per heavy atom. The molecule has 5 nitrogen and oxygen atoms in total. The second-order valence-electron chi connectivity index (χ2n) is 4.85. The first-order valence-electron chi connectivity index (χ1n) is 6.89. The molecule has 1 aliphatic rings. The smallest absolute Gasteiger partial charge is 0.327 e. The van der Waals surface area contributed by atoms with Crippen LogP contribution >= 0.6 is 11.8 Å². The van der Waals surface area contributed by atoms with Crippen molar-refractivity contribution in [2.24, 2.45) is 5.92 Å². The van der Waals surface area contributed by atoms with E-state index < -0.39 is 11.6 Å². The third-order valence-electron chi connectivity index (χ3n) is 3.26. The molecule has 0 bridgehead atoms. The zero-order valence-corrected chi connectivity index (χ0v) is 12.5. The third-order valence-corrected chi connectivity index (χ3v) is 4.54. The predicted molar refractivity (Wildman–Crippen MR) is 76.2 cm³/mol. The molecule has 0 saturated heterocycles. The first kappa shape index (κ1) is 16.8. The van der Waals surface area contributed by atoms with Crippen LogP contribution < -0.4 is 5.32 Å². The molecule has 19 heavy (non-hydrogen) atoms. The number of carbonyl (C=O) groups excluding carboxylic acids is 1. The Balaban J connectivity index is 2.64. The molecular weight excluding hydrogens is 266 g/mol. The highest BCUT2D eigenvalue weighted by Crippen LogP contribution is 2.42. The quantitative estimate of drug-likeness (QED) is 0.506. The van der Waals surface area contributed by atoms with Crippen molar-refractivity contribution in [3.05, 3.63) is 0 Å². The summed E-state index contributed by atoms with van der Waals surface area (Å²) in [5, 5.41) is 21.5. The van der Waals surface area contributed by atoms with E-state index >= 15 is 0 Å². The third kappa shape index (κ3) is 4.63. The normalized spacial score (nSPS) is 19.8. The molecule has 0 aromatic rings. The monoisotopic (exact) mass is 291 g/mol. The number of nitrogens with one attached hydrogen (secondary N) is 1. The number of aliphatic hydroxyl groups is 2. The highest BCUT2D eigenvalue weighted by Gasteiger charge is 2.51. The van der Waals surface area contributed by atoms with E-state index in [4.69, 9.17) is 9.84 Å². The van der Waals surface area contributed by atoms with Crippen LogP contribution in [0.15, 0.2) is 0 Å². The van der Waals surface area contributed by atoms with Crippen LogP contribution in [0.2, 0.25) is 0 Å². The molecule has 3 N–H and O–H groups in total. The lowest BCUT2D eigenvalue weighted by Crippen LogP contribution is -2.57. The van der Waals surface area contributed by atoms with Crippen molar-refractivity contribution in [1.29, 1.82) is 0 Å². The summed E-state index contributed by atoms with van der Waals surface area (Å²) >= 11 is 1.48. The molecule has 0 aliphatic heterocycles. The summed E-state index contributed by atoms with van der Waals surface area (Å²) in [4.78, 5) is 12.3. The van der Waals surface area contributed by atoms with Crippen LogP contribution in [-0.2, 0) is 9.53 Å². The molecule has 112 valence electrons. The van der Waals surface area contributed by atoms with Gasteiger partial charge in [0, 0.05) is 11.5 Å². The average molecular weight is 291 g/mol. The molecule has 0 spiro atoms. The molecular formula is C13H25NO4S. The van der Waals surface area contributed by atoms with Crippen molar-refractivity contribution in [1.82, 2.24) is 5.32 Å². The number of likely N-dealkylation sites (N-methyl/N-ethyl adjacent to an activating group) is 1. The lowest BCUT2D eigenvalue weighted by atomic mass is 9.95. The molecule has 1 saturated carbocycles. The maximum absolute atomic E-state index is 12.3. The van der Waals surface area contributed by atoms with Crippen LogP contribution in [0.5, 0.6) is 0 Å². The minimum absolute atomic E-state index is 0.190. The van der Waals surface area contributed by atoms with E-state index in [1.165, 1.54) is 11.8 Å². The average Bonchev–Trinajstić information content (AvgIpc) is 3.22. The second-order valence-corrected chi connectivity index (χ2v) is 5.88. The van der Waals surface area contributed by atoms with E-state index in [1.807, 2.05) is 13.8 Å². The first-order chi connectivity index (χ1) is 9.10. The Bertz CT molecular complexity index is 286. The van der Waals surface area contributed by atoms with Gasteiger partial charge in [0.05, 0.1) is 19.3 Å². The van der Waals surface area contributed by atoms with E-state index in [0.717, 1.165) is 12.8 Å². The summed E-state index contributed by atoms with van der Waals surface area (Å²) in [6.07, 6.45) is 1.34. The Labute approximate surface area is 119 Å². The highest BCUT2D eigenvalue weighted by atomic mass is 32.2. The van der Waals surface area contributed by atoms with Crippen LogP contribution in [0.25, 0.3) is 0 Å². The van der Waals surface area contributed by atoms with Gasteiger partial charge in [-0.1, -0.05) is 6.92 Å². The lowest BCUT2D eigenvalue weighted by molar-refractivity contribution is -0.151. The molecule has 1 aliphatic carbocycles. The van der Waals surface area contributed by atoms with Crippen molar-refractivity contribution in [2.45, 2.75) is 38.3 Å². The van der Waals surface area contributed by atoms with E-state index in [-0.39, 0.29) is 12.6 Å². The van der Waals surface area contributed by atoms with E-state index in [9.17, 15) is 9.90 Å². The van der Waals surface area contributed by atoms with E-state index in [0.29, 0.717) is 30.6 Å². The van der Waals surface area contributed by atoms with Crippen molar-refractivity contribution in [3.63, 3.8) is 0 Å². The maximum Gasteiger partial charge on any atom is 0.327 e. The van der Waals surface area contributed by atoms with E-state index in [2.05, 4.69) is 5.32 Å². The van der Waals surface area contributed by atoms with Gasteiger partial charge in [0.15, 0.2) is 0 Å². The number of hydrogen-bond donors (Lipinski definition) is 3. The molecule has 1 rings (SSSR count). The molecule has 2 atom stereocenters. The second kappa shape index (κ2) is 8.09. The molecule has 0 radical (unpaired) electrons. The van der Waals surface area contributed by atoms with Crippen LogP contribution in [-0.4, -0.2) is 59.1 Å². The van der Waals surface area contributed by atoms with Crippen LogP contribution in [0, 0.1) is 5.92 Å². The van der Waals surface area contributed by atoms with Gasteiger partial charge in [0.25, 0.3) is 0 Å². The lowest BCUT2D eigenvalue weighted by Gasteiger charge is -2.32. The van der Waals surface area contributed by atoms with E-state index in [1.54, 1.807) is 0 Å². The summed E-state index contributed by atoms with van der Waals surface area (Å²) in [6.45, 7) is 4.62. The number of esters is 1. The van der Waals surface area contributed by atoms with Gasteiger partial charge in [-0.2, -0.15) is 11.8 Å². The maximum atomic E-state index is 12.3. The van der Waals surface area contributed by atoms with Crippen molar-refractivity contribution in [3.8, 4) is 0 Å². The summed E-state index contributed by atoms with van der Waals surface area (Å²) in [5.41, 5.74) is -0.634. The number of hydrogen-bond acceptors (Lipinski definition) is 6. The predicted octanol–water partition coefficient (Wildman–Crippen LogP) is 0.394. The molecule has 6 heteroatoms. The zero-order valence-electron chi connectivity index (χ0n) is 11.7. The highest BCUT2D eigenvalue weighted by molar-refractivity contribution is 7.99. The fourth-order valence-corrected chi connectivity index (χ4v) is 3.44. The van der Waals surface area contributed by atoms with Crippen molar-refractivity contribution in [2.75, 3.05) is 31.3 Å². The number of aliphatic hydroxyl groups excluding tert-OH is 2. The fraction of sp³-hybridized carbons (Fsp3) is 0.923. The van der Waals surface area contributed by atoms with Gasteiger partial charge in [0.1, 0.15) is 5.54 Å². The van der Waals surface area contributed by atoms with Gasteiger partial charge in [-0.3, -0.25) is 4.79 Å². The minimum atomic E-state index is -0.731. The van der Waals surface area contributed by atoms with Crippen molar-refractivity contribution < 1.29 is 19.7 Å². The summed E-state index contributed by atoms with van der Waals surface area (Å²) in [6, 6.07) is 0. The largest absolute Gasteiger partial charge is 0.465 e. The van der Waals surface area contributed by atoms with Gasteiger partial charge < -0.3 is 20.3 Å². The Morgan fingerprint density at radius 2 is 2.21 bits per heavy atom. The number of carbonyl (C=O) groups is 1.